The highest BCUT2D eigenvalue weighted by Gasteiger charge is 2.15. The zero-order valence-electron chi connectivity index (χ0n) is 19.5. The summed E-state index contributed by atoms with van der Waals surface area (Å²) in [5.41, 5.74) is 4.73. The van der Waals surface area contributed by atoms with E-state index < -0.39 is 5.97 Å². The van der Waals surface area contributed by atoms with E-state index in [1.165, 1.54) is 6.07 Å². The summed E-state index contributed by atoms with van der Waals surface area (Å²) in [6.07, 6.45) is 0. The highest BCUT2D eigenvalue weighted by atomic mass is 19.1. The molecule has 5 nitrogen and oxygen atoms in total. The zero-order chi connectivity index (χ0) is 24.5. The van der Waals surface area contributed by atoms with Gasteiger partial charge in [-0.05, 0) is 48.7 Å². The van der Waals surface area contributed by atoms with Gasteiger partial charge in [0.2, 0.25) is 0 Å². The van der Waals surface area contributed by atoms with Gasteiger partial charge in [-0.3, -0.25) is 0 Å². The van der Waals surface area contributed by atoms with Crippen LogP contribution in [0.2, 0.25) is 0 Å². The number of ether oxygens (including phenoxy) is 3. The van der Waals surface area contributed by atoms with Crippen molar-refractivity contribution in [3.63, 3.8) is 0 Å². The van der Waals surface area contributed by atoms with Gasteiger partial charge >= 0.3 is 5.97 Å². The summed E-state index contributed by atoms with van der Waals surface area (Å²) in [7, 11) is 0. The van der Waals surface area contributed by atoms with Crippen LogP contribution >= 0.6 is 0 Å². The van der Waals surface area contributed by atoms with E-state index in [0.717, 1.165) is 16.7 Å². The van der Waals surface area contributed by atoms with E-state index in [0.29, 0.717) is 29.0 Å². The molecule has 0 bridgehead atoms. The lowest BCUT2D eigenvalue weighted by Crippen LogP contribution is -2.10. The predicted octanol–water partition coefficient (Wildman–Crippen LogP) is 5.48. The first kappa shape index (κ1) is 25.1. The molecule has 34 heavy (non-hydrogen) atoms. The number of esters is 1. The molecule has 0 saturated heterocycles. The number of hydrogen-bond acceptors (Lipinski definition) is 5. The number of hydrogen-bond donors (Lipinski definition) is 1. The largest absolute Gasteiger partial charge is 0.491 e. The molecular formula is C28H29FO5. The minimum atomic E-state index is -0.523. The Morgan fingerprint density at radius 1 is 0.941 bits per heavy atom. The van der Waals surface area contributed by atoms with E-state index in [-0.39, 0.29) is 37.8 Å². The van der Waals surface area contributed by atoms with Gasteiger partial charge in [0.1, 0.15) is 24.8 Å². The van der Waals surface area contributed by atoms with Crippen LogP contribution < -0.4 is 4.74 Å². The van der Waals surface area contributed by atoms with Crippen LogP contribution in [0.3, 0.4) is 0 Å². The molecule has 6 heteroatoms. The van der Waals surface area contributed by atoms with Crippen LogP contribution in [0.4, 0.5) is 4.39 Å². The Kier molecular flexibility index (Phi) is 8.96. The van der Waals surface area contributed by atoms with Crippen molar-refractivity contribution < 1.29 is 28.5 Å². The molecule has 0 amide bonds. The van der Waals surface area contributed by atoms with E-state index in [4.69, 9.17) is 19.3 Å². The SMILES string of the molecule is C=C(C)C(=O)OCc1cc(OCCOCCO)ccc1-c1ccc(-c2ccc(C)cc2)cc1F. The maximum absolute atomic E-state index is 15.2. The van der Waals surface area contributed by atoms with Crippen molar-refractivity contribution in [1.82, 2.24) is 0 Å². The maximum Gasteiger partial charge on any atom is 0.333 e. The molecule has 0 aliphatic heterocycles. The van der Waals surface area contributed by atoms with E-state index in [1.807, 2.05) is 37.3 Å². The quantitative estimate of drug-likeness (QED) is 0.231. The fourth-order valence-corrected chi connectivity index (χ4v) is 3.35. The average Bonchev–Trinajstić information content (AvgIpc) is 2.83. The highest BCUT2D eigenvalue weighted by molar-refractivity contribution is 5.87. The number of halogens is 1. The first-order valence-electron chi connectivity index (χ1n) is 11.0. The van der Waals surface area contributed by atoms with Crippen molar-refractivity contribution >= 4 is 5.97 Å². The minimum absolute atomic E-state index is 0.0544. The summed E-state index contributed by atoms with van der Waals surface area (Å²) >= 11 is 0. The van der Waals surface area contributed by atoms with Gasteiger partial charge in [-0.1, -0.05) is 54.6 Å². The Morgan fingerprint density at radius 2 is 1.65 bits per heavy atom. The van der Waals surface area contributed by atoms with Crippen LogP contribution in [-0.4, -0.2) is 37.5 Å². The monoisotopic (exact) mass is 464 g/mol. The molecule has 0 radical (unpaired) electrons. The van der Waals surface area contributed by atoms with Gasteiger partial charge in [0.25, 0.3) is 0 Å². The van der Waals surface area contributed by atoms with Gasteiger partial charge in [0.15, 0.2) is 0 Å². The van der Waals surface area contributed by atoms with Crippen molar-refractivity contribution in [2.45, 2.75) is 20.5 Å². The van der Waals surface area contributed by atoms with Gasteiger partial charge in [-0.2, -0.15) is 0 Å². The summed E-state index contributed by atoms with van der Waals surface area (Å²) in [4.78, 5) is 11.9. The van der Waals surface area contributed by atoms with Crippen LogP contribution in [-0.2, 0) is 20.9 Å². The summed E-state index contributed by atoms with van der Waals surface area (Å²) in [5.74, 6) is -0.365. The molecule has 0 fully saturated rings. The van der Waals surface area contributed by atoms with E-state index in [2.05, 4.69) is 6.58 Å². The number of aliphatic hydroxyl groups is 1. The van der Waals surface area contributed by atoms with Crippen molar-refractivity contribution in [3.8, 4) is 28.0 Å². The maximum atomic E-state index is 15.2. The zero-order valence-corrected chi connectivity index (χ0v) is 19.5. The Hall–Kier alpha value is -3.48. The van der Waals surface area contributed by atoms with Crippen LogP contribution in [0.25, 0.3) is 22.3 Å². The fourth-order valence-electron chi connectivity index (χ4n) is 3.35. The molecular weight excluding hydrogens is 435 g/mol. The third-order valence-electron chi connectivity index (χ3n) is 5.16. The number of rotatable bonds is 11. The molecule has 0 unspecified atom stereocenters. The Labute approximate surface area is 199 Å². The number of aryl methyl sites for hydroxylation is 1. The molecule has 0 aliphatic rings. The standard InChI is InChI=1S/C28H29FO5/c1-19(2)28(31)34-18-23-16-24(33-15-14-32-13-12-30)9-11-25(23)26-10-8-22(17-27(26)29)21-6-4-20(3)5-7-21/h4-11,16-17,30H,1,12-15,18H2,2-3H3. The Bertz CT molecular complexity index is 1140. The fraction of sp³-hybridized carbons (Fsp3) is 0.250. The summed E-state index contributed by atoms with van der Waals surface area (Å²) in [6.45, 7) is 7.90. The normalized spacial score (nSPS) is 10.7. The molecule has 3 aromatic carbocycles. The Morgan fingerprint density at radius 3 is 2.32 bits per heavy atom. The topological polar surface area (TPSA) is 65.0 Å². The van der Waals surface area contributed by atoms with E-state index in [9.17, 15) is 4.79 Å². The smallest absolute Gasteiger partial charge is 0.333 e. The molecule has 1 N–H and O–H groups in total. The number of benzene rings is 3. The number of aliphatic hydroxyl groups excluding tert-OH is 1. The summed E-state index contributed by atoms with van der Waals surface area (Å²) in [6, 6.07) is 18.2. The lowest BCUT2D eigenvalue weighted by molar-refractivity contribution is -0.140. The highest BCUT2D eigenvalue weighted by Crippen LogP contribution is 2.33. The predicted molar refractivity (Wildman–Crippen MR) is 130 cm³/mol. The lowest BCUT2D eigenvalue weighted by Gasteiger charge is -2.15. The first-order chi connectivity index (χ1) is 16.4. The molecule has 0 aliphatic carbocycles. The average molecular weight is 465 g/mol. The molecule has 0 aromatic heterocycles. The van der Waals surface area contributed by atoms with Crippen molar-refractivity contribution in [2.75, 3.05) is 26.4 Å². The van der Waals surface area contributed by atoms with Gasteiger partial charge in [0, 0.05) is 16.7 Å². The van der Waals surface area contributed by atoms with Crippen LogP contribution in [0.5, 0.6) is 5.75 Å². The van der Waals surface area contributed by atoms with Gasteiger partial charge < -0.3 is 19.3 Å². The molecule has 178 valence electrons. The molecule has 0 heterocycles. The minimum Gasteiger partial charge on any atom is -0.491 e. The lowest BCUT2D eigenvalue weighted by atomic mass is 9.96. The first-order valence-corrected chi connectivity index (χ1v) is 11.0. The summed E-state index contributed by atoms with van der Waals surface area (Å²) < 4.78 is 31.5. The molecule has 3 aromatic rings. The van der Waals surface area contributed by atoms with Crippen LogP contribution in [0, 0.1) is 12.7 Å². The van der Waals surface area contributed by atoms with Crippen molar-refractivity contribution in [2.24, 2.45) is 0 Å². The second kappa shape index (κ2) is 12.1. The molecule has 3 rings (SSSR count). The van der Waals surface area contributed by atoms with Crippen molar-refractivity contribution in [3.05, 3.63) is 89.8 Å². The Balaban J connectivity index is 1.87. The van der Waals surface area contributed by atoms with E-state index in [1.54, 1.807) is 31.2 Å². The molecule has 0 spiro atoms. The summed E-state index contributed by atoms with van der Waals surface area (Å²) in [5, 5.41) is 8.77. The second-order valence-corrected chi connectivity index (χ2v) is 7.92. The van der Waals surface area contributed by atoms with Crippen LogP contribution in [0.1, 0.15) is 18.1 Å². The van der Waals surface area contributed by atoms with Crippen molar-refractivity contribution in [1.29, 1.82) is 0 Å². The van der Waals surface area contributed by atoms with E-state index >= 15 is 4.39 Å². The number of carbonyl (C=O) groups excluding carboxylic acids is 1. The van der Waals surface area contributed by atoms with Gasteiger partial charge in [-0.15, -0.1) is 0 Å². The number of carbonyl (C=O) groups is 1. The van der Waals surface area contributed by atoms with Crippen LogP contribution in [0.15, 0.2) is 72.8 Å². The molecule has 0 saturated carbocycles. The van der Waals surface area contributed by atoms with Gasteiger partial charge in [-0.25, -0.2) is 9.18 Å². The second-order valence-electron chi connectivity index (χ2n) is 7.92. The third kappa shape index (κ3) is 6.76. The van der Waals surface area contributed by atoms with Gasteiger partial charge in [0.05, 0.1) is 19.8 Å². The molecule has 0 atom stereocenters. The third-order valence-corrected chi connectivity index (χ3v) is 5.16.